The second kappa shape index (κ2) is 9.82. The fourth-order valence-electron chi connectivity index (χ4n) is 3.56. The summed E-state index contributed by atoms with van der Waals surface area (Å²) in [5.41, 5.74) is 0. The first-order valence-corrected chi connectivity index (χ1v) is 11.2. The van der Waals surface area contributed by atoms with Crippen LogP contribution in [0.5, 0.6) is 0 Å². The minimum absolute atomic E-state index is 0.688. The number of furan rings is 1. The van der Waals surface area contributed by atoms with Crippen molar-refractivity contribution in [2.45, 2.75) is 56.8 Å². The molecule has 0 amide bonds. The number of piperidine rings is 1. The van der Waals surface area contributed by atoms with Gasteiger partial charge < -0.3 is 9.32 Å². The summed E-state index contributed by atoms with van der Waals surface area (Å²) in [4.78, 5) is 2.37. The van der Waals surface area contributed by atoms with Crippen molar-refractivity contribution < 1.29 is 4.42 Å². The Morgan fingerprint density at radius 2 is 1.96 bits per heavy atom. The third kappa shape index (κ3) is 4.98. The molecule has 3 aromatic rings. The van der Waals surface area contributed by atoms with Crippen LogP contribution < -0.4 is 4.90 Å². The number of hydrogen-bond acceptors (Lipinski definition) is 6. The molecular weight excluding hydrogens is 372 g/mol. The van der Waals surface area contributed by atoms with E-state index < -0.39 is 0 Å². The molecule has 1 aliphatic heterocycles. The lowest BCUT2D eigenvalue weighted by Crippen LogP contribution is -2.32. The first kappa shape index (κ1) is 19.1. The highest BCUT2D eigenvalue weighted by molar-refractivity contribution is 7.99. The van der Waals surface area contributed by atoms with Gasteiger partial charge in [-0.1, -0.05) is 18.2 Å². The zero-order chi connectivity index (χ0) is 19.0. The quantitative estimate of drug-likeness (QED) is 0.378. The third-order valence-electron chi connectivity index (χ3n) is 5.05. The molecule has 0 aromatic carbocycles. The highest BCUT2D eigenvalue weighted by atomic mass is 32.2. The summed E-state index contributed by atoms with van der Waals surface area (Å²) < 4.78 is 9.80. The Bertz CT molecular complexity index is 808. The lowest BCUT2D eigenvalue weighted by molar-refractivity contribution is 0.479. The van der Waals surface area contributed by atoms with E-state index in [0.717, 1.165) is 48.7 Å². The monoisotopic (exact) mass is 400 g/mol. The van der Waals surface area contributed by atoms with Crippen molar-refractivity contribution in [1.29, 1.82) is 0 Å². The molecule has 4 rings (SSSR count). The summed E-state index contributed by atoms with van der Waals surface area (Å²) >= 11 is 1.80. The molecule has 0 radical (unpaired) electrons. The molecule has 0 aliphatic carbocycles. The molecule has 0 saturated carbocycles. The summed E-state index contributed by atoms with van der Waals surface area (Å²) in [6.07, 6.45) is 12.9. The fourth-order valence-corrected chi connectivity index (χ4v) is 4.49. The summed E-state index contributed by atoms with van der Waals surface area (Å²) in [5, 5.41) is 14.3. The van der Waals surface area contributed by atoms with E-state index in [2.05, 4.69) is 24.8 Å². The Kier molecular flexibility index (Phi) is 6.70. The van der Waals surface area contributed by atoms with Gasteiger partial charge in [0.1, 0.15) is 5.76 Å². The fraction of sp³-hybridized carbons (Fsp3) is 0.550. The highest BCUT2D eigenvalue weighted by Gasteiger charge is 2.21. The maximum Gasteiger partial charge on any atom is 0.228 e. The van der Waals surface area contributed by atoms with Gasteiger partial charge in [0.25, 0.3) is 0 Å². The number of nitrogens with zero attached hydrogens (tertiary/aromatic N) is 6. The van der Waals surface area contributed by atoms with Gasteiger partial charge in [-0.15, -0.1) is 10.2 Å². The van der Waals surface area contributed by atoms with E-state index in [9.17, 15) is 0 Å². The Labute approximate surface area is 170 Å². The van der Waals surface area contributed by atoms with Gasteiger partial charge in [0.2, 0.25) is 5.95 Å². The van der Waals surface area contributed by atoms with Crippen molar-refractivity contribution in [3.8, 4) is 0 Å². The van der Waals surface area contributed by atoms with Gasteiger partial charge >= 0.3 is 0 Å². The molecule has 1 aliphatic rings. The summed E-state index contributed by atoms with van der Waals surface area (Å²) in [5.74, 6) is 2.98. The number of aryl methyl sites for hydroxylation is 1. The van der Waals surface area contributed by atoms with Crippen molar-refractivity contribution in [3.63, 3.8) is 0 Å². The van der Waals surface area contributed by atoms with E-state index in [-0.39, 0.29) is 0 Å². The number of thioether (sulfide) groups is 1. The predicted molar refractivity (Wildman–Crippen MR) is 111 cm³/mol. The average Bonchev–Trinajstić information content (AvgIpc) is 3.49. The Hall–Kier alpha value is -2.22. The Morgan fingerprint density at radius 3 is 2.75 bits per heavy atom. The van der Waals surface area contributed by atoms with Gasteiger partial charge in [0.05, 0.1) is 12.8 Å². The standard InChI is InChI=1S/C20H28N6OS/c1-3-11-24(12-4-1)19-22-23-20(26(19)17-18-9-7-15-27-18)28-16-6-2-5-13-25-14-8-10-21-25/h7-10,14-15H,1-6,11-13,16-17H2. The third-order valence-corrected chi connectivity index (χ3v) is 6.11. The zero-order valence-corrected chi connectivity index (χ0v) is 17.1. The molecule has 150 valence electrons. The molecule has 3 aromatic heterocycles. The van der Waals surface area contributed by atoms with E-state index in [1.54, 1.807) is 18.0 Å². The smallest absolute Gasteiger partial charge is 0.228 e. The molecule has 0 unspecified atom stereocenters. The normalized spacial score (nSPS) is 14.6. The van der Waals surface area contributed by atoms with Crippen LogP contribution in [0.25, 0.3) is 0 Å². The van der Waals surface area contributed by atoms with Crippen molar-refractivity contribution in [3.05, 3.63) is 42.6 Å². The predicted octanol–water partition coefficient (Wildman–Crippen LogP) is 4.07. The van der Waals surface area contributed by atoms with E-state index >= 15 is 0 Å². The van der Waals surface area contributed by atoms with Crippen LogP contribution in [-0.4, -0.2) is 43.4 Å². The molecule has 7 nitrogen and oxygen atoms in total. The maximum absolute atomic E-state index is 5.58. The summed E-state index contributed by atoms with van der Waals surface area (Å²) in [7, 11) is 0. The van der Waals surface area contributed by atoms with Crippen molar-refractivity contribution in [2.75, 3.05) is 23.7 Å². The summed E-state index contributed by atoms with van der Waals surface area (Å²) in [6.45, 7) is 3.81. The van der Waals surface area contributed by atoms with Gasteiger partial charge in [0.15, 0.2) is 5.16 Å². The van der Waals surface area contributed by atoms with E-state index in [4.69, 9.17) is 4.42 Å². The van der Waals surface area contributed by atoms with Crippen LogP contribution in [0.1, 0.15) is 44.3 Å². The summed E-state index contributed by atoms with van der Waals surface area (Å²) in [6, 6.07) is 5.93. The van der Waals surface area contributed by atoms with Crippen LogP contribution in [0.15, 0.2) is 46.4 Å². The van der Waals surface area contributed by atoms with Gasteiger partial charge in [-0.2, -0.15) is 5.10 Å². The number of hydrogen-bond donors (Lipinski definition) is 0. The molecule has 0 atom stereocenters. The van der Waals surface area contributed by atoms with E-state index in [1.165, 1.54) is 32.1 Å². The minimum Gasteiger partial charge on any atom is -0.467 e. The van der Waals surface area contributed by atoms with Crippen LogP contribution in [0.4, 0.5) is 5.95 Å². The lowest BCUT2D eigenvalue weighted by Gasteiger charge is -2.27. The lowest BCUT2D eigenvalue weighted by atomic mass is 10.1. The SMILES string of the molecule is c1coc(Cn2c(SCCCCCn3cccn3)nnc2N2CCCCC2)c1. The second-order valence-electron chi connectivity index (χ2n) is 7.17. The van der Waals surface area contributed by atoms with Gasteiger partial charge in [-0.25, -0.2) is 0 Å². The largest absolute Gasteiger partial charge is 0.467 e. The Morgan fingerprint density at radius 1 is 1.04 bits per heavy atom. The minimum atomic E-state index is 0.688. The number of unbranched alkanes of at least 4 members (excludes halogenated alkanes) is 2. The molecule has 8 heteroatoms. The van der Waals surface area contributed by atoms with Crippen LogP contribution in [0.2, 0.25) is 0 Å². The highest BCUT2D eigenvalue weighted by Crippen LogP contribution is 2.26. The van der Waals surface area contributed by atoms with Crippen LogP contribution in [0.3, 0.4) is 0 Å². The first-order chi connectivity index (χ1) is 13.9. The van der Waals surface area contributed by atoms with Gasteiger partial charge in [0, 0.05) is 37.8 Å². The zero-order valence-electron chi connectivity index (χ0n) is 16.2. The van der Waals surface area contributed by atoms with Crippen molar-refractivity contribution in [1.82, 2.24) is 24.5 Å². The van der Waals surface area contributed by atoms with Crippen LogP contribution in [0, 0.1) is 0 Å². The van der Waals surface area contributed by atoms with Gasteiger partial charge in [-0.05, 0) is 50.3 Å². The van der Waals surface area contributed by atoms with E-state index in [0.29, 0.717) is 6.54 Å². The average molecular weight is 401 g/mol. The van der Waals surface area contributed by atoms with E-state index in [1.807, 2.05) is 35.3 Å². The molecule has 28 heavy (non-hydrogen) atoms. The van der Waals surface area contributed by atoms with Crippen LogP contribution >= 0.6 is 11.8 Å². The second-order valence-corrected chi connectivity index (χ2v) is 8.24. The molecule has 1 saturated heterocycles. The molecule has 1 fully saturated rings. The van der Waals surface area contributed by atoms with Gasteiger partial charge in [-0.3, -0.25) is 9.25 Å². The number of anilines is 1. The van der Waals surface area contributed by atoms with Crippen LogP contribution in [-0.2, 0) is 13.1 Å². The first-order valence-electron chi connectivity index (χ1n) is 10.2. The number of aromatic nitrogens is 5. The maximum atomic E-state index is 5.58. The topological polar surface area (TPSA) is 64.9 Å². The molecule has 0 bridgehead atoms. The Balaban J connectivity index is 1.33. The molecular formula is C20H28N6OS. The van der Waals surface area contributed by atoms with Crippen molar-refractivity contribution >= 4 is 17.7 Å². The molecule has 4 heterocycles. The molecule has 0 spiro atoms. The molecule has 0 N–H and O–H groups in total. The number of rotatable bonds is 10. The van der Waals surface area contributed by atoms with Crippen molar-refractivity contribution in [2.24, 2.45) is 0 Å².